The van der Waals surface area contributed by atoms with Crippen molar-refractivity contribution < 1.29 is 9.50 Å². The van der Waals surface area contributed by atoms with Crippen LogP contribution in [0.5, 0.6) is 0 Å². The molecule has 0 amide bonds. The summed E-state index contributed by atoms with van der Waals surface area (Å²) < 4.78 is 15.4. The Kier molecular flexibility index (Phi) is 4.27. The average molecular weight is 303 g/mol. The second-order valence-electron chi connectivity index (χ2n) is 6.10. The van der Waals surface area contributed by atoms with Gasteiger partial charge in [-0.1, -0.05) is 12.1 Å². The number of nitrogens with zero attached hydrogens (tertiary/aromatic N) is 3. The summed E-state index contributed by atoms with van der Waals surface area (Å²) >= 11 is 0. The smallest absolute Gasteiger partial charge is 0.114 e. The molecule has 0 radical (unpaired) electrons. The predicted molar refractivity (Wildman–Crippen MR) is 83.8 cm³/mol. The summed E-state index contributed by atoms with van der Waals surface area (Å²) in [4.78, 5) is 2.02. The van der Waals surface area contributed by atoms with Crippen molar-refractivity contribution in [3.63, 3.8) is 0 Å². The minimum Gasteiger partial charge on any atom is -0.395 e. The Bertz CT molecular complexity index is 638. The van der Waals surface area contributed by atoms with E-state index < -0.39 is 6.17 Å². The lowest BCUT2D eigenvalue weighted by Gasteiger charge is -2.22. The molecule has 1 saturated heterocycles. The maximum absolute atomic E-state index is 13.5. The highest BCUT2D eigenvalue weighted by molar-refractivity contribution is 5.36. The Balaban J connectivity index is 1.73. The third-order valence-corrected chi connectivity index (χ3v) is 4.26. The van der Waals surface area contributed by atoms with E-state index in [0.717, 1.165) is 22.6 Å². The molecule has 1 aromatic carbocycles. The summed E-state index contributed by atoms with van der Waals surface area (Å²) in [5.74, 6) is 0. The molecule has 5 heteroatoms. The Labute approximate surface area is 130 Å². The van der Waals surface area contributed by atoms with Crippen molar-refractivity contribution in [1.82, 2.24) is 14.7 Å². The molecule has 1 aromatic heterocycles. The van der Waals surface area contributed by atoms with Crippen LogP contribution in [0.15, 0.2) is 30.3 Å². The molecule has 0 aliphatic carbocycles. The van der Waals surface area contributed by atoms with Crippen molar-refractivity contribution in [3.8, 4) is 5.69 Å². The van der Waals surface area contributed by atoms with Crippen molar-refractivity contribution in [2.45, 2.75) is 39.0 Å². The number of hydrogen-bond donors (Lipinski definition) is 1. The van der Waals surface area contributed by atoms with Gasteiger partial charge in [0.2, 0.25) is 0 Å². The van der Waals surface area contributed by atoms with E-state index in [-0.39, 0.29) is 12.6 Å². The van der Waals surface area contributed by atoms with E-state index >= 15 is 0 Å². The second kappa shape index (κ2) is 6.18. The molecule has 2 atom stereocenters. The fourth-order valence-corrected chi connectivity index (χ4v) is 3.17. The third kappa shape index (κ3) is 3.05. The normalized spacial score (nSPS) is 22.4. The molecule has 0 unspecified atom stereocenters. The highest BCUT2D eigenvalue weighted by Gasteiger charge is 2.31. The molecule has 1 fully saturated rings. The van der Waals surface area contributed by atoms with Crippen LogP contribution in [0.4, 0.5) is 4.39 Å². The molecule has 0 spiro atoms. The van der Waals surface area contributed by atoms with Crippen LogP contribution >= 0.6 is 0 Å². The monoisotopic (exact) mass is 303 g/mol. The zero-order valence-corrected chi connectivity index (χ0v) is 13.0. The van der Waals surface area contributed by atoms with E-state index in [1.807, 2.05) is 53.8 Å². The SMILES string of the molecule is Cc1cc(C)n(-c2ccc(CN3C[C@@H](F)C[C@H]3CO)cc2)n1. The average Bonchev–Trinajstić information content (AvgIpc) is 3.01. The molecule has 2 aromatic rings. The molecular formula is C17H22FN3O. The molecule has 22 heavy (non-hydrogen) atoms. The van der Waals surface area contributed by atoms with Crippen molar-refractivity contribution in [2.24, 2.45) is 0 Å². The molecule has 1 N–H and O–H groups in total. The molecule has 4 nitrogen and oxygen atoms in total. The van der Waals surface area contributed by atoms with Gasteiger partial charge in [0.05, 0.1) is 18.0 Å². The van der Waals surface area contributed by atoms with Crippen molar-refractivity contribution in [2.75, 3.05) is 13.2 Å². The van der Waals surface area contributed by atoms with E-state index in [2.05, 4.69) is 5.10 Å². The van der Waals surface area contributed by atoms with Crippen molar-refractivity contribution in [1.29, 1.82) is 0 Å². The molecule has 118 valence electrons. The zero-order valence-electron chi connectivity index (χ0n) is 13.0. The Morgan fingerprint density at radius 3 is 2.59 bits per heavy atom. The maximum atomic E-state index is 13.5. The van der Waals surface area contributed by atoms with Gasteiger partial charge in [0.15, 0.2) is 0 Å². The Morgan fingerprint density at radius 1 is 1.27 bits per heavy atom. The lowest BCUT2D eigenvalue weighted by Crippen LogP contribution is -2.31. The predicted octanol–water partition coefficient (Wildman–Crippen LogP) is 2.39. The van der Waals surface area contributed by atoms with Crippen LogP contribution in [0, 0.1) is 13.8 Å². The summed E-state index contributed by atoms with van der Waals surface area (Å²) in [5.41, 5.74) is 4.25. The topological polar surface area (TPSA) is 41.3 Å². The number of aliphatic hydroxyl groups excluding tert-OH is 1. The molecule has 2 heterocycles. The summed E-state index contributed by atoms with van der Waals surface area (Å²) in [7, 11) is 0. The summed E-state index contributed by atoms with van der Waals surface area (Å²) in [5, 5.41) is 13.8. The molecule has 0 bridgehead atoms. The fourth-order valence-electron chi connectivity index (χ4n) is 3.17. The molecular weight excluding hydrogens is 281 g/mol. The Morgan fingerprint density at radius 2 is 2.00 bits per heavy atom. The van der Waals surface area contributed by atoms with E-state index in [0.29, 0.717) is 19.5 Å². The molecule has 3 rings (SSSR count). The van der Waals surface area contributed by atoms with Gasteiger partial charge in [-0.3, -0.25) is 4.90 Å². The first kappa shape index (κ1) is 15.2. The third-order valence-electron chi connectivity index (χ3n) is 4.26. The zero-order chi connectivity index (χ0) is 15.7. The number of aromatic nitrogens is 2. The minimum atomic E-state index is -0.828. The summed E-state index contributed by atoms with van der Waals surface area (Å²) in [6, 6.07) is 10.1. The standard InChI is InChI=1S/C17H22FN3O/c1-12-7-13(2)21(19-12)16-5-3-14(4-6-16)9-20-10-15(18)8-17(20)11-22/h3-7,15,17,22H,8-11H2,1-2H3/t15-,17-/m0/s1. The number of alkyl halides is 1. The Hall–Kier alpha value is -1.72. The number of aryl methyl sites for hydroxylation is 2. The first-order valence-corrected chi connectivity index (χ1v) is 7.68. The highest BCUT2D eigenvalue weighted by atomic mass is 19.1. The van der Waals surface area contributed by atoms with Gasteiger partial charge in [-0.05, 0) is 44.0 Å². The van der Waals surface area contributed by atoms with Crippen LogP contribution in [0.2, 0.25) is 0 Å². The van der Waals surface area contributed by atoms with Crippen LogP contribution in [0.3, 0.4) is 0 Å². The van der Waals surface area contributed by atoms with E-state index in [9.17, 15) is 9.50 Å². The number of benzene rings is 1. The van der Waals surface area contributed by atoms with Crippen LogP contribution in [0.25, 0.3) is 5.69 Å². The summed E-state index contributed by atoms with van der Waals surface area (Å²) in [6.07, 6.45) is -0.397. The maximum Gasteiger partial charge on any atom is 0.114 e. The van der Waals surface area contributed by atoms with E-state index in [1.54, 1.807) is 0 Å². The van der Waals surface area contributed by atoms with Gasteiger partial charge >= 0.3 is 0 Å². The second-order valence-corrected chi connectivity index (χ2v) is 6.10. The summed E-state index contributed by atoms with van der Waals surface area (Å²) in [6.45, 7) is 5.11. The van der Waals surface area contributed by atoms with Gasteiger partial charge in [-0.15, -0.1) is 0 Å². The van der Waals surface area contributed by atoms with Gasteiger partial charge in [-0.2, -0.15) is 5.10 Å². The number of aliphatic hydroxyl groups is 1. The van der Waals surface area contributed by atoms with Gasteiger partial charge in [0.1, 0.15) is 6.17 Å². The van der Waals surface area contributed by atoms with Gasteiger partial charge in [0, 0.05) is 24.8 Å². The quantitative estimate of drug-likeness (QED) is 0.943. The number of halogens is 1. The van der Waals surface area contributed by atoms with Crippen molar-refractivity contribution in [3.05, 3.63) is 47.3 Å². The first-order chi connectivity index (χ1) is 10.6. The number of hydrogen-bond acceptors (Lipinski definition) is 3. The van der Waals surface area contributed by atoms with Gasteiger partial charge < -0.3 is 5.11 Å². The van der Waals surface area contributed by atoms with Crippen LogP contribution < -0.4 is 0 Å². The van der Waals surface area contributed by atoms with Crippen LogP contribution in [0.1, 0.15) is 23.4 Å². The number of rotatable bonds is 4. The highest BCUT2D eigenvalue weighted by Crippen LogP contribution is 2.23. The van der Waals surface area contributed by atoms with Crippen LogP contribution in [-0.2, 0) is 6.54 Å². The lowest BCUT2D eigenvalue weighted by atomic mass is 10.1. The van der Waals surface area contributed by atoms with E-state index in [1.165, 1.54) is 0 Å². The number of likely N-dealkylation sites (tertiary alicyclic amines) is 1. The van der Waals surface area contributed by atoms with Gasteiger partial charge in [-0.25, -0.2) is 9.07 Å². The molecule has 1 aliphatic rings. The minimum absolute atomic E-state index is 0.0181. The fraction of sp³-hybridized carbons (Fsp3) is 0.471. The van der Waals surface area contributed by atoms with Crippen molar-refractivity contribution >= 4 is 0 Å². The largest absolute Gasteiger partial charge is 0.395 e. The van der Waals surface area contributed by atoms with Gasteiger partial charge in [0.25, 0.3) is 0 Å². The first-order valence-electron chi connectivity index (χ1n) is 7.68. The lowest BCUT2D eigenvalue weighted by molar-refractivity contribution is 0.153. The molecule has 0 saturated carbocycles. The van der Waals surface area contributed by atoms with E-state index in [4.69, 9.17) is 0 Å². The van der Waals surface area contributed by atoms with Crippen LogP contribution in [-0.4, -0.2) is 45.2 Å². The molecule has 1 aliphatic heterocycles.